The molecule has 0 heterocycles. The van der Waals surface area contributed by atoms with E-state index in [-0.39, 0.29) is 11.7 Å². The third kappa shape index (κ3) is 1.60. The Kier molecular flexibility index (Phi) is 2.52. The number of rotatable bonds is 1. The number of amides is 1. The molecule has 0 radical (unpaired) electrons. The van der Waals surface area contributed by atoms with Gasteiger partial charge < -0.3 is 10.0 Å². The van der Waals surface area contributed by atoms with Crippen molar-refractivity contribution in [2.45, 2.75) is 0 Å². The lowest BCUT2D eigenvalue weighted by atomic mass is 10.0. The summed E-state index contributed by atoms with van der Waals surface area (Å²) in [5, 5.41) is 11.5. The normalized spacial score (nSPS) is 10.4. The summed E-state index contributed by atoms with van der Waals surface area (Å²) in [4.78, 5) is 13.4. The first kappa shape index (κ1) is 10.5. The van der Waals surface area contributed by atoms with E-state index in [4.69, 9.17) is 0 Å². The van der Waals surface area contributed by atoms with Crippen molar-refractivity contribution in [2.75, 3.05) is 14.1 Å². The van der Waals surface area contributed by atoms with E-state index in [1.165, 1.54) is 4.90 Å². The maximum Gasteiger partial charge on any atom is 0.257 e. The Hall–Kier alpha value is -2.03. The van der Waals surface area contributed by atoms with E-state index in [2.05, 4.69) is 0 Å². The van der Waals surface area contributed by atoms with Crippen LogP contribution in [-0.2, 0) is 0 Å². The van der Waals surface area contributed by atoms with Crippen LogP contribution in [-0.4, -0.2) is 30.0 Å². The van der Waals surface area contributed by atoms with Gasteiger partial charge >= 0.3 is 0 Å². The van der Waals surface area contributed by atoms with Gasteiger partial charge in [-0.1, -0.05) is 30.3 Å². The molecule has 2 aromatic rings. The van der Waals surface area contributed by atoms with Crippen LogP contribution in [0.2, 0.25) is 0 Å². The number of phenolic OH excluding ortho intramolecular Hbond substituents is 1. The number of hydrogen-bond acceptors (Lipinski definition) is 2. The minimum absolute atomic E-state index is 0.0254. The summed E-state index contributed by atoms with van der Waals surface area (Å²) in [5.74, 6) is -0.160. The molecule has 0 bridgehead atoms. The highest BCUT2D eigenvalue weighted by atomic mass is 16.3. The van der Waals surface area contributed by atoms with Crippen molar-refractivity contribution >= 4 is 16.7 Å². The fourth-order valence-corrected chi connectivity index (χ4v) is 1.71. The van der Waals surface area contributed by atoms with Crippen molar-refractivity contribution < 1.29 is 9.90 Å². The van der Waals surface area contributed by atoms with Gasteiger partial charge in [0.05, 0.1) is 5.56 Å². The molecule has 0 spiro atoms. The average molecular weight is 215 g/mol. The molecule has 0 aliphatic carbocycles. The summed E-state index contributed by atoms with van der Waals surface area (Å²) in [6.07, 6.45) is 0. The number of carbonyl (C=O) groups excluding carboxylic acids is 1. The van der Waals surface area contributed by atoms with Crippen LogP contribution >= 0.6 is 0 Å². The lowest BCUT2D eigenvalue weighted by molar-refractivity contribution is 0.0826. The second-order valence-corrected chi connectivity index (χ2v) is 3.88. The van der Waals surface area contributed by atoms with Gasteiger partial charge in [-0.05, 0) is 16.8 Å². The summed E-state index contributed by atoms with van der Waals surface area (Å²) in [7, 11) is 3.34. The summed E-state index contributed by atoms with van der Waals surface area (Å²) >= 11 is 0. The Morgan fingerprint density at radius 1 is 1.12 bits per heavy atom. The zero-order chi connectivity index (χ0) is 11.7. The first-order chi connectivity index (χ1) is 7.61. The molecule has 0 aliphatic rings. The fraction of sp³-hybridized carbons (Fsp3) is 0.154. The molecule has 3 heteroatoms. The molecule has 82 valence electrons. The van der Waals surface area contributed by atoms with Crippen LogP contribution < -0.4 is 0 Å². The molecule has 0 aromatic heterocycles. The highest BCUT2D eigenvalue weighted by Gasteiger charge is 2.16. The van der Waals surface area contributed by atoms with E-state index in [1.807, 2.05) is 24.3 Å². The lowest BCUT2D eigenvalue weighted by Crippen LogP contribution is -2.22. The van der Waals surface area contributed by atoms with Crippen LogP contribution in [0.3, 0.4) is 0 Å². The number of benzene rings is 2. The van der Waals surface area contributed by atoms with Gasteiger partial charge in [0.15, 0.2) is 0 Å². The predicted octanol–water partition coefficient (Wildman–Crippen LogP) is 2.25. The molecule has 3 nitrogen and oxygen atoms in total. The summed E-state index contributed by atoms with van der Waals surface area (Å²) in [6, 6.07) is 10.9. The van der Waals surface area contributed by atoms with Gasteiger partial charge in [0.1, 0.15) is 5.75 Å². The van der Waals surface area contributed by atoms with Crippen LogP contribution in [0.15, 0.2) is 36.4 Å². The zero-order valence-corrected chi connectivity index (χ0v) is 9.27. The molecule has 0 unspecified atom stereocenters. The molecule has 0 aliphatic heterocycles. The highest BCUT2D eigenvalue weighted by molar-refractivity contribution is 6.09. The van der Waals surface area contributed by atoms with Crippen molar-refractivity contribution in [1.82, 2.24) is 4.90 Å². The number of aromatic hydroxyl groups is 1. The van der Waals surface area contributed by atoms with Crippen LogP contribution in [0.4, 0.5) is 0 Å². The van der Waals surface area contributed by atoms with Gasteiger partial charge in [0, 0.05) is 14.1 Å². The van der Waals surface area contributed by atoms with E-state index in [0.29, 0.717) is 5.56 Å². The van der Waals surface area contributed by atoms with Gasteiger partial charge in [0.25, 0.3) is 5.91 Å². The van der Waals surface area contributed by atoms with E-state index in [9.17, 15) is 9.90 Å². The van der Waals surface area contributed by atoms with E-state index in [1.54, 1.807) is 26.2 Å². The molecule has 0 fully saturated rings. The van der Waals surface area contributed by atoms with Gasteiger partial charge in [-0.3, -0.25) is 4.79 Å². The quantitative estimate of drug-likeness (QED) is 0.792. The maximum absolute atomic E-state index is 11.9. The minimum Gasteiger partial charge on any atom is -0.507 e. The first-order valence-corrected chi connectivity index (χ1v) is 5.03. The number of carbonyl (C=O) groups is 1. The molecule has 0 saturated heterocycles. The molecule has 1 amide bonds. The van der Waals surface area contributed by atoms with Crippen molar-refractivity contribution in [1.29, 1.82) is 0 Å². The molecule has 0 saturated carbocycles. The number of fused-ring (bicyclic) bond motifs is 1. The Labute approximate surface area is 93.9 Å². The first-order valence-electron chi connectivity index (χ1n) is 5.03. The van der Waals surface area contributed by atoms with Crippen molar-refractivity contribution in [2.24, 2.45) is 0 Å². The Balaban J connectivity index is 2.75. The van der Waals surface area contributed by atoms with Crippen molar-refractivity contribution in [3.05, 3.63) is 42.0 Å². The number of hydrogen-bond donors (Lipinski definition) is 1. The van der Waals surface area contributed by atoms with Crippen LogP contribution in [0, 0.1) is 0 Å². The van der Waals surface area contributed by atoms with E-state index >= 15 is 0 Å². The SMILES string of the molecule is CN(C)C(=O)c1c(O)ccc2ccccc12. The highest BCUT2D eigenvalue weighted by Crippen LogP contribution is 2.27. The standard InChI is InChI=1S/C13H13NO2/c1-14(2)13(16)12-10-6-4-3-5-9(10)7-8-11(12)15/h3-8,15H,1-2H3. The monoisotopic (exact) mass is 215 g/mol. The number of phenols is 1. The van der Waals surface area contributed by atoms with Crippen molar-refractivity contribution in [3.8, 4) is 5.75 Å². The lowest BCUT2D eigenvalue weighted by Gasteiger charge is -2.13. The van der Waals surface area contributed by atoms with Crippen LogP contribution in [0.1, 0.15) is 10.4 Å². The zero-order valence-electron chi connectivity index (χ0n) is 9.27. The third-order valence-electron chi connectivity index (χ3n) is 2.53. The summed E-state index contributed by atoms with van der Waals surface area (Å²) in [5.41, 5.74) is 0.364. The molecule has 16 heavy (non-hydrogen) atoms. The summed E-state index contributed by atoms with van der Waals surface area (Å²) in [6.45, 7) is 0. The second kappa shape index (κ2) is 3.85. The van der Waals surface area contributed by atoms with Crippen LogP contribution in [0.5, 0.6) is 5.75 Å². The molecular formula is C13H13NO2. The number of nitrogens with zero attached hydrogens (tertiary/aromatic N) is 1. The minimum atomic E-state index is -0.186. The molecule has 0 atom stereocenters. The van der Waals surface area contributed by atoms with E-state index < -0.39 is 0 Å². The second-order valence-electron chi connectivity index (χ2n) is 3.88. The molecular weight excluding hydrogens is 202 g/mol. The average Bonchev–Trinajstić information content (AvgIpc) is 2.28. The van der Waals surface area contributed by atoms with Gasteiger partial charge in [-0.15, -0.1) is 0 Å². The maximum atomic E-state index is 11.9. The van der Waals surface area contributed by atoms with Crippen molar-refractivity contribution in [3.63, 3.8) is 0 Å². The topological polar surface area (TPSA) is 40.5 Å². The van der Waals surface area contributed by atoms with Gasteiger partial charge in [-0.2, -0.15) is 0 Å². The molecule has 2 aromatic carbocycles. The molecule has 2 rings (SSSR count). The largest absolute Gasteiger partial charge is 0.507 e. The third-order valence-corrected chi connectivity index (χ3v) is 2.53. The van der Waals surface area contributed by atoms with Gasteiger partial charge in [-0.25, -0.2) is 0 Å². The van der Waals surface area contributed by atoms with E-state index in [0.717, 1.165) is 10.8 Å². The smallest absolute Gasteiger partial charge is 0.257 e. The fourth-order valence-electron chi connectivity index (χ4n) is 1.71. The Morgan fingerprint density at radius 2 is 1.81 bits per heavy atom. The van der Waals surface area contributed by atoms with Gasteiger partial charge in [0.2, 0.25) is 0 Å². The van der Waals surface area contributed by atoms with Crippen LogP contribution in [0.25, 0.3) is 10.8 Å². The predicted molar refractivity (Wildman–Crippen MR) is 63.6 cm³/mol. The summed E-state index contributed by atoms with van der Waals surface area (Å²) < 4.78 is 0. The Bertz CT molecular complexity index is 547. The molecule has 1 N–H and O–H groups in total. The Morgan fingerprint density at radius 3 is 2.50 bits per heavy atom.